The Morgan fingerprint density at radius 3 is 2.65 bits per heavy atom. The Balaban J connectivity index is 1.85. The quantitative estimate of drug-likeness (QED) is 0.666. The van der Waals surface area contributed by atoms with Gasteiger partial charge < -0.3 is 9.15 Å². The van der Waals surface area contributed by atoms with E-state index >= 15 is 0 Å². The predicted octanol–water partition coefficient (Wildman–Crippen LogP) is 4.50. The van der Waals surface area contributed by atoms with Gasteiger partial charge in [0.05, 0.1) is 5.39 Å². The van der Waals surface area contributed by atoms with Gasteiger partial charge in [-0.3, -0.25) is 0 Å². The molecule has 0 radical (unpaired) electrons. The molecule has 0 unspecified atom stereocenters. The van der Waals surface area contributed by atoms with E-state index in [1.165, 1.54) is 6.07 Å². The minimum Gasteiger partial charge on any atom is -0.489 e. The fraction of sp³-hybridized carbons (Fsp3) is 0.150. The lowest BCUT2D eigenvalue weighted by Crippen LogP contribution is -2.01. The first-order valence-corrected chi connectivity index (χ1v) is 7.53. The summed E-state index contributed by atoms with van der Waals surface area (Å²) in [5, 5.41) is 0.850. The lowest BCUT2D eigenvalue weighted by atomic mass is 10.1. The molecule has 3 rings (SSSR count). The van der Waals surface area contributed by atoms with Crippen molar-refractivity contribution >= 4 is 17.0 Å². The molecule has 116 valence electrons. The van der Waals surface area contributed by atoms with Gasteiger partial charge in [0.1, 0.15) is 17.9 Å². The minimum absolute atomic E-state index is 0.337. The van der Waals surface area contributed by atoms with E-state index in [1.807, 2.05) is 68.5 Å². The molecule has 1 heterocycles. The summed E-state index contributed by atoms with van der Waals surface area (Å²) < 4.78 is 11.2. The Morgan fingerprint density at radius 1 is 1.09 bits per heavy atom. The highest BCUT2D eigenvalue weighted by atomic mass is 16.5. The second-order valence-corrected chi connectivity index (χ2v) is 5.51. The van der Waals surface area contributed by atoms with E-state index in [4.69, 9.17) is 9.15 Å². The molecular formula is C20H18O3. The van der Waals surface area contributed by atoms with E-state index in [1.54, 1.807) is 0 Å². The molecule has 0 fully saturated rings. The number of rotatable bonds is 4. The zero-order valence-corrected chi connectivity index (χ0v) is 13.2. The fourth-order valence-electron chi connectivity index (χ4n) is 2.58. The zero-order valence-electron chi connectivity index (χ0n) is 13.2. The molecule has 0 spiro atoms. The molecular weight excluding hydrogens is 288 g/mol. The van der Waals surface area contributed by atoms with Crippen molar-refractivity contribution in [3.8, 4) is 5.75 Å². The number of benzene rings is 2. The summed E-state index contributed by atoms with van der Waals surface area (Å²) in [4.78, 5) is 11.5. The molecule has 0 bridgehead atoms. The summed E-state index contributed by atoms with van der Waals surface area (Å²) in [7, 11) is 0. The predicted molar refractivity (Wildman–Crippen MR) is 92.9 cm³/mol. The van der Waals surface area contributed by atoms with Crippen LogP contribution in [0.4, 0.5) is 0 Å². The number of hydrogen-bond donors (Lipinski definition) is 0. The van der Waals surface area contributed by atoms with Gasteiger partial charge in [0, 0.05) is 6.07 Å². The summed E-state index contributed by atoms with van der Waals surface area (Å²) in [6, 6.07) is 15.4. The van der Waals surface area contributed by atoms with Crippen LogP contribution in [0.25, 0.3) is 17.0 Å². The van der Waals surface area contributed by atoms with Crippen molar-refractivity contribution < 1.29 is 9.15 Å². The number of aryl methyl sites for hydroxylation is 2. The highest BCUT2D eigenvalue weighted by molar-refractivity contribution is 5.87. The smallest absolute Gasteiger partial charge is 0.336 e. The maximum absolute atomic E-state index is 11.5. The van der Waals surface area contributed by atoms with Crippen molar-refractivity contribution in [3.05, 3.63) is 81.7 Å². The van der Waals surface area contributed by atoms with Crippen LogP contribution in [0.3, 0.4) is 0 Å². The second kappa shape index (κ2) is 6.53. The van der Waals surface area contributed by atoms with Gasteiger partial charge in [-0.2, -0.15) is 0 Å². The van der Waals surface area contributed by atoms with Crippen molar-refractivity contribution in [1.82, 2.24) is 0 Å². The van der Waals surface area contributed by atoms with Crippen molar-refractivity contribution in [2.24, 2.45) is 0 Å². The van der Waals surface area contributed by atoms with Crippen molar-refractivity contribution in [1.29, 1.82) is 0 Å². The minimum atomic E-state index is -0.337. The molecule has 3 heteroatoms. The molecule has 0 saturated carbocycles. The molecule has 3 aromatic rings. The van der Waals surface area contributed by atoms with E-state index in [0.717, 1.165) is 27.8 Å². The molecule has 0 atom stereocenters. The zero-order chi connectivity index (χ0) is 16.2. The Hall–Kier alpha value is -2.81. The van der Waals surface area contributed by atoms with Crippen LogP contribution in [0.1, 0.15) is 16.7 Å². The van der Waals surface area contributed by atoms with E-state index in [2.05, 4.69) is 0 Å². The normalized spacial score (nSPS) is 11.2. The van der Waals surface area contributed by atoms with Crippen LogP contribution in [-0.4, -0.2) is 6.61 Å². The number of hydrogen-bond acceptors (Lipinski definition) is 3. The molecule has 0 aliphatic rings. The SMILES string of the molecule is Cc1cc(OCC=Cc2ccccc2)c2c(C)cc(=O)oc2c1. The molecule has 0 aliphatic carbocycles. The molecule has 0 saturated heterocycles. The van der Waals surface area contributed by atoms with Crippen LogP contribution in [0, 0.1) is 13.8 Å². The van der Waals surface area contributed by atoms with Gasteiger partial charge >= 0.3 is 5.63 Å². The second-order valence-electron chi connectivity index (χ2n) is 5.51. The monoisotopic (exact) mass is 306 g/mol. The Morgan fingerprint density at radius 2 is 1.87 bits per heavy atom. The highest BCUT2D eigenvalue weighted by Gasteiger charge is 2.09. The van der Waals surface area contributed by atoms with E-state index < -0.39 is 0 Å². The van der Waals surface area contributed by atoms with E-state index in [9.17, 15) is 4.79 Å². The Labute approximate surface area is 134 Å². The van der Waals surface area contributed by atoms with Gasteiger partial charge in [-0.1, -0.05) is 36.4 Å². The Kier molecular flexibility index (Phi) is 4.29. The first-order chi connectivity index (χ1) is 11.1. The lowest BCUT2D eigenvalue weighted by Gasteiger charge is -2.10. The molecule has 1 aromatic heterocycles. The van der Waals surface area contributed by atoms with Crippen molar-refractivity contribution in [2.45, 2.75) is 13.8 Å². The summed E-state index contributed by atoms with van der Waals surface area (Å²) in [5.41, 5.74) is 3.21. The lowest BCUT2D eigenvalue weighted by molar-refractivity contribution is 0.367. The Bertz CT molecular complexity index is 905. The van der Waals surface area contributed by atoms with Gasteiger partial charge in [0.15, 0.2) is 0 Å². The fourth-order valence-corrected chi connectivity index (χ4v) is 2.58. The molecule has 0 N–H and O–H groups in total. The van der Waals surface area contributed by atoms with Crippen LogP contribution >= 0.6 is 0 Å². The molecule has 23 heavy (non-hydrogen) atoms. The van der Waals surface area contributed by atoms with E-state index in [-0.39, 0.29) is 5.63 Å². The third-order valence-corrected chi connectivity index (χ3v) is 3.59. The maximum Gasteiger partial charge on any atom is 0.336 e. The third kappa shape index (κ3) is 3.51. The average molecular weight is 306 g/mol. The van der Waals surface area contributed by atoms with Gasteiger partial charge in [0.2, 0.25) is 0 Å². The van der Waals surface area contributed by atoms with Crippen LogP contribution in [0.5, 0.6) is 5.75 Å². The first-order valence-electron chi connectivity index (χ1n) is 7.53. The molecule has 3 nitrogen and oxygen atoms in total. The van der Waals surface area contributed by atoms with Crippen LogP contribution in [0.15, 0.2) is 63.8 Å². The molecule has 2 aromatic carbocycles. The number of ether oxygens (including phenoxy) is 1. The van der Waals surface area contributed by atoms with E-state index in [0.29, 0.717) is 12.2 Å². The highest BCUT2D eigenvalue weighted by Crippen LogP contribution is 2.29. The number of fused-ring (bicyclic) bond motifs is 1. The van der Waals surface area contributed by atoms with Gasteiger partial charge in [-0.25, -0.2) is 4.79 Å². The van der Waals surface area contributed by atoms with Gasteiger partial charge in [-0.15, -0.1) is 0 Å². The third-order valence-electron chi connectivity index (χ3n) is 3.59. The topological polar surface area (TPSA) is 39.4 Å². The first kappa shape index (κ1) is 15.1. The van der Waals surface area contributed by atoms with Crippen molar-refractivity contribution in [2.75, 3.05) is 6.61 Å². The van der Waals surface area contributed by atoms with Crippen LogP contribution in [-0.2, 0) is 0 Å². The summed E-state index contributed by atoms with van der Waals surface area (Å²) in [5.74, 6) is 0.735. The van der Waals surface area contributed by atoms with Crippen molar-refractivity contribution in [3.63, 3.8) is 0 Å². The maximum atomic E-state index is 11.5. The van der Waals surface area contributed by atoms with Gasteiger partial charge in [0.25, 0.3) is 0 Å². The standard InChI is InChI=1S/C20H18O3/c1-14-11-17(20-15(2)13-19(21)23-18(20)12-14)22-10-6-9-16-7-4-3-5-8-16/h3-9,11-13H,10H2,1-2H3. The average Bonchev–Trinajstić information content (AvgIpc) is 2.51. The summed E-state index contributed by atoms with van der Waals surface area (Å²) in [6.07, 6.45) is 3.99. The van der Waals surface area contributed by atoms with Gasteiger partial charge in [-0.05, 0) is 48.7 Å². The van der Waals surface area contributed by atoms with Crippen LogP contribution in [0.2, 0.25) is 0 Å². The van der Waals surface area contributed by atoms with Crippen LogP contribution < -0.4 is 10.4 Å². The summed E-state index contributed by atoms with van der Waals surface area (Å²) >= 11 is 0. The molecule has 0 aliphatic heterocycles. The largest absolute Gasteiger partial charge is 0.489 e. The molecule has 0 amide bonds. The summed E-state index contributed by atoms with van der Waals surface area (Å²) in [6.45, 7) is 4.29.